The number of aryl methyl sites for hydroxylation is 1. The minimum absolute atomic E-state index is 0.479. The largest absolute Gasteiger partial charge is 0.314 e. The van der Waals surface area contributed by atoms with E-state index in [0.29, 0.717) is 5.41 Å². The zero-order valence-electron chi connectivity index (χ0n) is 13.5. The zero-order chi connectivity index (χ0) is 14.6. The summed E-state index contributed by atoms with van der Waals surface area (Å²) in [6.45, 7) is 10.4. The summed E-state index contributed by atoms with van der Waals surface area (Å²) in [6, 6.07) is 0.724. The van der Waals surface area contributed by atoms with Crippen LogP contribution in [0, 0.1) is 18.3 Å². The maximum Gasteiger partial charge on any atom is 0.0897 e. The molecule has 2 atom stereocenters. The zero-order valence-corrected chi connectivity index (χ0v) is 14.4. The molecule has 3 heteroatoms. The summed E-state index contributed by atoms with van der Waals surface area (Å²) >= 11 is 1.76. The van der Waals surface area contributed by atoms with Crippen molar-refractivity contribution < 1.29 is 0 Å². The van der Waals surface area contributed by atoms with Gasteiger partial charge in [-0.3, -0.25) is 0 Å². The van der Waals surface area contributed by atoms with Gasteiger partial charge in [0.15, 0.2) is 0 Å². The topological polar surface area (TPSA) is 24.9 Å². The van der Waals surface area contributed by atoms with Crippen LogP contribution in [0.2, 0.25) is 0 Å². The Morgan fingerprint density at radius 1 is 1.25 bits per heavy atom. The lowest BCUT2D eigenvalue weighted by Crippen LogP contribution is -2.30. The van der Waals surface area contributed by atoms with Crippen LogP contribution in [-0.4, -0.2) is 17.6 Å². The van der Waals surface area contributed by atoms with Crippen molar-refractivity contribution in [3.05, 3.63) is 16.1 Å². The molecule has 0 spiro atoms. The molecule has 0 saturated heterocycles. The first-order chi connectivity index (χ1) is 9.45. The molecular formula is C17H30N2S. The minimum Gasteiger partial charge on any atom is -0.314 e. The number of nitrogens with zero attached hydrogens (tertiary/aromatic N) is 1. The van der Waals surface area contributed by atoms with E-state index in [1.807, 2.05) is 0 Å². The van der Waals surface area contributed by atoms with Gasteiger partial charge >= 0.3 is 0 Å². The summed E-state index contributed by atoms with van der Waals surface area (Å²) in [4.78, 5) is 4.53. The Kier molecular flexibility index (Phi) is 5.62. The molecule has 20 heavy (non-hydrogen) atoms. The summed E-state index contributed by atoms with van der Waals surface area (Å²) < 4.78 is 0. The van der Waals surface area contributed by atoms with Gasteiger partial charge in [0.1, 0.15) is 0 Å². The average molecular weight is 295 g/mol. The first-order valence-corrected chi connectivity index (χ1v) is 8.97. The van der Waals surface area contributed by atoms with Crippen LogP contribution in [0.5, 0.6) is 0 Å². The lowest BCUT2D eigenvalue weighted by atomic mass is 9.76. The molecule has 1 fully saturated rings. The molecule has 1 N–H and O–H groups in total. The first kappa shape index (κ1) is 16.0. The van der Waals surface area contributed by atoms with E-state index in [2.05, 4.69) is 43.4 Å². The van der Waals surface area contributed by atoms with Gasteiger partial charge in [0.2, 0.25) is 0 Å². The Morgan fingerprint density at radius 3 is 2.70 bits per heavy atom. The van der Waals surface area contributed by atoms with Gasteiger partial charge < -0.3 is 5.32 Å². The van der Waals surface area contributed by atoms with E-state index >= 15 is 0 Å². The summed E-state index contributed by atoms with van der Waals surface area (Å²) in [5, 5.41) is 7.13. The van der Waals surface area contributed by atoms with E-state index in [0.717, 1.165) is 24.9 Å². The molecule has 1 heterocycles. The number of rotatable bonds is 4. The second-order valence-corrected chi connectivity index (χ2v) is 8.39. The van der Waals surface area contributed by atoms with Gasteiger partial charge in [0.25, 0.3) is 0 Å². The summed E-state index contributed by atoms with van der Waals surface area (Å²) in [5.74, 6) is 0.899. The van der Waals surface area contributed by atoms with Crippen LogP contribution in [0.1, 0.15) is 63.6 Å². The van der Waals surface area contributed by atoms with Gasteiger partial charge in [-0.1, -0.05) is 27.2 Å². The van der Waals surface area contributed by atoms with Crippen molar-refractivity contribution in [3.63, 3.8) is 0 Å². The van der Waals surface area contributed by atoms with Gasteiger partial charge in [0.05, 0.1) is 10.7 Å². The van der Waals surface area contributed by atoms with Gasteiger partial charge in [-0.25, -0.2) is 4.98 Å². The van der Waals surface area contributed by atoms with Crippen LogP contribution in [0.25, 0.3) is 0 Å². The van der Waals surface area contributed by atoms with Crippen molar-refractivity contribution in [2.75, 3.05) is 6.54 Å². The number of aromatic nitrogens is 1. The second kappa shape index (κ2) is 7.04. The average Bonchev–Trinajstić information content (AvgIpc) is 2.63. The molecule has 1 saturated carbocycles. The SMILES string of the molecule is Cc1nc(CCNC2CCCC(C(C)(C)C)CC2)cs1. The van der Waals surface area contributed by atoms with Crippen LogP contribution < -0.4 is 5.32 Å². The molecule has 0 radical (unpaired) electrons. The highest BCUT2D eigenvalue weighted by molar-refractivity contribution is 7.09. The third-order valence-electron chi connectivity index (χ3n) is 4.67. The van der Waals surface area contributed by atoms with Crippen LogP contribution in [0.15, 0.2) is 5.38 Å². The Hall–Kier alpha value is -0.410. The molecule has 1 aliphatic carbocycles. The highest BCUT2D eigenvalue weighted by Gasteiger charge is 2.27. The number of nitrogens with one attached hydrogen (secondary N) is 1. The van der Waals surface area contributed by atoms with Crippen LogP contribution in [-0.2, 0) is 6.42 Å². The maximum absolute atomic E-state index is 4.53. The predicted octanol–water partition coefficient (Wildman–Crippen LogP) is 4.58. The van der Waals surface area contributed by atoms with Crippen LogP contribution in [0.3, 0.4) is 0 Å². The van der Waals surface area contributed by atoms with E-state index in [-0.39, 0.29) is 0 Å². The summed E-state index contributed by atoms with van der Waals surface area (Å²) in [7, 11) is 0. The molecule has 0 amide bonds. The first-order valence-electron chi connectivity index (χ1n) is 8.09. The van der Waals surface area contributed by atoms with Crippen molar-refractivity contribution in [2.24, 2.45) is 11.3 Å². The van der Waals surface area contributed by atoms with Crippen molar-refractivity contribution >= 4 is 11.3 Å². The van der Waals surface area contributed by atoms with E-state index < -0.39 is 0 Å². The molecule has 2 nitrogen and oxygen atoms in total. The normalized spacial score (nSPS) is 24.6. The fourth-order valence-electron chi connectivity index (χ4n) is 3.30. The quantitative estimate of drug-likeness (QED) is 0.822. The molecule has 114 valence electrons. The highest BCUT2D eigenvalue weighted by atomic mass is 32.1. The highest BCUT2D eigenvalue weighted by Crippen LogP contribution is 2.36. The lowest BCUT2D eigenvalue weighted by Gasteiger charge is -2.29. The second-order valence-electron chi connectivity index (χ2n) is 7.33. The Balaban J connectivity index is 1.71. The van der Waals surface area contributed by atoms with Gasteiger partial charge in [-0.15, -0.1) is 11.3 Å². The molecular weight excluding hydrogens is 264 g/mol. The molecule has 0 aromatic carbocycles. The molecule has 2 unspecified atom stereocenters. The fourth-order valence-corrected chi connectivity index (χ4v) is 3.95. The van der Waals surface area contributed by atoms with Crippen molar-refractivity contribution in [2.45, 2.75) is 72.3 Å². The number of thiazole rings is 1. The third kappa shape index (κ3) is 4.85. The van der Waals surface area contributed by atoms with Crippen molar-refractivity contribution in [3.8, 4) is 0 Å². The number of hydrogen-bond donors (Lipinski definition) is 1. The molecule has 1 aliphatic rings. The molecule has 2 rings (SSSR count). The minimum atomic E-state index is 0.479. The van der Waals surface area contributed by atoms with Crippen molar-refractivity contribution in [1.82, 2.24) is 10.3 Å². The van der Waals surface area contributed by atoms with Crippen LogP contribution in [0.4, 0.5) is 0 Å². The van der Waals surface area contributed by atoms with Gasteiger partial charge in [-0.2, -0.15) is 0 Å². The smallest absolute Gasteiger partial charge is 0.0897 e. The van der Waals surface area contributed by atoms with E-state index in [4.69, 9.17) is 0 Å². The monoisotopic (exact) mass is 294 g/mol. The molecule has 1 aromatic heterocycles. The lowest BCUT2D eigenvalue weighted by molar-refractivity contribution is 0.213. The fraction of sp³-hybridized carbons (Fsp3) is 0.824. The molecule has 0 aliphatic heterocycles. The van der Waals surface area contributed by atoms with Crippen LogP contribution >= 0.6 is 11.3 Å². The predicted molar refractivity (Wildman–Crippen MR) is 88.4 cm³/mol. The van der Waals surface area contributed by atoms with Gasteiger partial charge in [0, 0.05) is 24.4 Å². The van der Waals surface area contributed by atoms with E-state index in [1.54, 1.807) is 11.3 Å². The standard InChI is InChI=1S/C17H30N2S/c1-13-19-16(12-20-13)10-11-18-15-7-5-6-14(8-9-15)17(2,3)4/h12,14-15,18H,5-11H2,1-4H3. The summed E-state index contributed by atoms with van der Waals surface area (Å²) in [5.41, 5.74) is 1.73. The Labute approximate surface area is 128 Å². The Morgan fingerprint density at radius 2 is 2.05 bits per heavy atom. The summed E-state index contributed by atoms with van der Waals surface area (Å²) in [6.07, 6.45) is 7.95. The van der Waals surface area contributed by atoms with Crippen molar-refractivity contribution in [1.29, 1.82) is 0 Å². The van der Waals surface area contributed by atoms with Gasteiger partial charge in [-0.05, 0) is 43.9 Å². The van der Waals surface area contributed by atoms with E-state index in [9.17, 15) is 0 Å². The molecule has 0 bridgehead atoms. The molecule has 1 aromatic rings. The Bertz CT molecular complexity index is 405. The maximum atomic E-state index is 4.53. The third-order valence-corrected chi connectivity index (χ3v) is 5.50. The number of hydrogen-bond acceptors (Lipinski definition) is 3. The van der Waals surface area contributed by atoms with E-state index in [1.165, 1.54) is 42.8 Å².